The van der Waals surface area contributed by atoms with Gasteiger partial charge in [0.25, 0.3) is 0 Å². The number of hydrogen-bond donors (Lipinski definition) is 0. The standard InChI is InChI=1S/C7H14IN/c1-2-5-9(8)6-7-3-4-7/h7H,2-6H2,1H3. The highest BCUT2D eigenvalue weighted by Crippen LogP contribution is 2.30. The van der Waals surface area contributed by atoms with Crippen LogP contribution in [0, 0.1) is 5.92 Å². The van der Waals surface area contributed by atoms with E-state index in [1.165, 1.54) is 32.4 Å². The first kappa shape index (κ1) is 7.79. The molecule has 0 aromatic rings. The number of rotatable bonds is 4. The van der Waals surface area contributed by atoms with Gasteiger partial charge in [0.15, 0.2) is 0 Å². The zero-order valence-electron chi connectivity index (χ0n) is 5.94. The Morgan fingerprint density at radius 2 is 2.22 bits per heavy atom. The van der Waals surface area contributed by atoms with Gasteiger partial charge >= 0.3 is 0 Å². The lowest BCUT2D eigenvalue weighted by molar-refractivity contribution is 0.481. The molecule has 0 aromatic carbocycles. The van der Waals surface area contributed by atoms with Gasteiger partial charge in [-0.3, -0.25) is 0 Å². The molecule has 1 aliphatic rings. The monoisotopic (exact) mass is 239 g/mol. The van der Waals surface area contributed by atoms with E-state index in [-0.39, 0.29) is 0 Å². The van der Waals surface area contributed by atoms with E-state index < -0.39 is 0 Å². The van der Waals surface area contributed by atoms with E-state index >= 15 is 0 Å². The lowest BCUT2D eigenvalue weighted by atomic mass is 10.4. The minimum absolute atomic E-state index is 1.05. The van der Waals surface area contributed by atoms with Crippen LogP contribution in [0.2, 0.25) is 0 Å². The first-order valence-electron chi connectivity index (χ1n) is 3.73. The molecule has 0 radical (unpaired) electrons. The van der Waals surface area contributed by atoms with Gasteiger partial charge in [0.1, 0.15) is 0 Å². The third-order valence-corrected chi connectivity index (χ3v) is 2.50. The Morgan fingerprint density at radius 1 is 1.56 bits per heavy atom. The lowest BCUT2D eigenvalue weighted by Gasteiger charge is -2.10. The van der Waals surface area contributed by atoms with Crippen LogP contribution in [0.15, 0.2) is 0 Å². The van der Waals surface area contributed by atoms with Crippen LogP contribution in [0.4, 0.5) is 0 Å². The van der Waals surface area contributed by atoms with Gasteiger partial charge in [0, 0.05) is 36.0 Å². The first-order valence-corrected chi connectivity index (χ1v) is 4.70. The average Bonchev–Trinajstić information content (AvgIpc) is 2.50. The van der Waals surface area contributed by atoms with Crippen LogP contribution < -0.4 is 0 Å². The van der Waals surface area contributed by atoms with E-state index in [0.29, 0.717) is 0 Å². The Hall–Kier alpha value is 0.690. The molecule has 0 spiro atoms. The summed E-state index contributed by atoms with van der Waals surface area (Å²) in [5, 5.41) is 0. The van der Waals surface area contributed by atoms with E-state index in [2.05, 4.69) is 32.9 Å². The number of nitrogens with zero attached hydrogens (tertiary/aromatic N) is 1. The Labute approximate surface area is 71.3 Å². The van der Waals surface area contributed by atoms with Gasteiger partial charge in [-0.25, -0.2) is 3.11 Å². The van der Waals surface area contributed by atoms with Crippen molar-refractivity contribution in [3.63, 3.8) is 0 Å². The summed E-state index contributed by atoms with van der Waals surface area (Å²) in [6.07, 6.45) is 4.24. The van der Waals surface area contributed by atoms with Crippen molar-refractivity contribution in [2.24, 2.45) is 5.92 Å². The molecular formula is C7H14IN. The highest BCUT2D eigenvalue weighted by atomic mass is 127. The summed E-state index contributed by atoms with van der Waals surface area (Å²) < 4.78 is 2.41. The van der Waals surface area contributed by atoms with Crippen LogP contribution >= 0.6 is 22.9 Å². The molecule has 0 aliphatic heterocycles. The number of hydrogen-bond acceptors (Lipinski definition) is 1. The fourth-order valence-corrected chi connectivity index (χ4v) is 1.95. The fraction of sp³-hybridized carbons (Fsp3) is 1.00. The second kappa shape index (κ2) is 3.76. The molecule has 1 aliphatic carbocycles. The van der Waals surface area contributed by atoms with E-state index in [1.807, 2.05) is 0 Å². The molecular weight excluding hydrogens is 225 g/mol. The predicted molar refractivity (Wildman–Crippen MR) is 48.6 cm³/mol. The summed E-state index contributed by atoms with van der Waals surface area (Å²) in [6, 6.07) is 0. The quantitative estimate of drug-likeness (QED) is 0.538. The van der Waals surface area contributed by atoms with Gasteiger partial charge in [-0.05, 0) is 25.2 Å². The van der Waals surface area contributed by atoms with Gasteiger partial charge in [-0.2, -0.15) is 0 Å². The maximum atomic E-state index is 2.43. The highest BCUT2D eigenvalue weighted by molar-refractivity contribution is 14.1. The normalized spacial score (nSPS) is 19.0. The molecule has 0 N–H and O–H groups in total. The molecule has 0 aromatic heterocycles. The van der Waals surface area contributed by atoms with E-state index in [0.717, 1.165) is 5.92 Å². The van der Waals surface area contributed by atoms with Crippen LogP contribution in [0.25, 0.3) is 0 Å². The SMILES string of the molecule is CCCN(I)CC1CC1. The minimum atomic E-state index is 1.05. The fourth-order valence-electron chi connectivity index (χ4n) is 0.915. The summed E-state index contributed by atoms with van der Waals surface area (Å²) in [6.45, 7) is 4.82. The van der Waals surface area contributed by atoms with Gasteiger partial charge in [0.05, 0.1) is 0 Å². The maximum absolute atomic E-state index is 2.43. The first-order chi connectivity index (χ1) is 4.33. The molecule has 0 atom stereocenters. The Bertz CT molecular complexity index is 81.0. The van der Waals surface area contributed by atoms with Crippen molar-refractivity contribution in [2.75, 3.05) is 13.1 Å². The van der Waals surface area contributed by atoms with Crippen molar-refractivity contribution in [2.45, 2.75) is 26.2 Å². The Kier molecular flexibility index (Phi) is 3.26. The molecule has 1 nitrogen and oxygen atoms in total. The van der Waals surface area contributed by atoms with E-state index in [4.69, 9.17) is 0 Å². The van der Waals surface area contributed by atoms with Crippen molar-refractivity contribution in [3.8, 4) is 0 Å². The van der Waals surface area contributed by atoms with Crippen molar-refractivity contribution in [1.82, 2.24) is 3.11 Å². The molecule has 9 heavy (non-hydrogen) atoms. The van der Waals surface area contributed by atoms with Crippen molar-refractivity contribution >= 4 is 22.9 Å². The topological polar surface area (TPSA) is 3.24 Å². The second-order valence-electron chi connectivity index (χ2n) is 2.81. The smallest absolute Gasteiger partial charge is 0.0201 e. The van der Waals surface area contributed by atoms with Gasteiger partial charge in [-0.1, -0.05) is 6.92 Å². The largest absolute Gasteiger partial charge is 0.247 e. The third-order valence-electron chi connectivity index (χ3n) is 1.62. The summed E-state index contributed by atoms with van der Waals surface area (Å²) >= 11 is 2.43. The summed E-state index contributed by atoms with van der Waals surface area (Å²) in [5.74, 6) is 1.05. The minimum Gasteiger partial charge on any atom is -0.247 e. The zero-order chi connectivity index (χ0) is 6.69. The van der Waals surface area contributed by atoms with Crippen LogP contribution in [0.5, 0.6) is 0 Å². The van der Waals surface area contributed by atoms with Gasteiger partial charge < -0.3 is 0 Å². The lowest BCUT2D eigenvalue weighted by Crippen LogP contribution is -2.14. The summed E-state index contributed by atoms with van der Waals surface area (Å²) in [4.78, 5) is 0. The molecule has 0 saturated heterocycles. The van der Waals surface area contributed by atoms with Crippen LogP contribution in [0.1, 0.15) is 26.2 Å². The van der Waals surface area contributed by atoms with Crippen LogP contribution in [-0.4, -0.2) is 16.2 Å². The van der Waals surface area contributed by atoms with Crippen LogP contribution in [-0.2, 0) is 0 Å². The molecule has 1 saturated carbocycles. The molecule has 0 bridgehead atoms. The van der Waals surface area contributed by atoms with E-state index in [9.17, 15) is 0 Å². The Balaban J connectivity index is 1.95. The molecule has 0 heterocycles. The maximum Gasteiger partial charge on any atom is 0.0201 e. The molecule has 1 rings (SSSR count). The van der Waals surface area contributed by atoms with Gasteiger partial charge in [0.2, 0.25) is 0 Å². The summed E-state index contributed by atoms with van der Waals surface area (Å²) in [5.41, 5.74) is 0. The summed E-state index contributed by atoms with van der Waals surface area (Å²) in [7, 11) is 0. The Morgan fingerprint density at radius 3 is 2.67 bits per heavy atom. The van der Waals surface area contributed by atoms with Crippen molar-refractivity contribution in [3.05, 3.63) is 0 Å². The zero-order valence-corrected chi connectivity index (χ0v) is 8.10. The number of halogens is 1. The predicted octanol–water partition coefficient (Wildman–Crippen LogP) is 2.46. The second-order valence-corrected chi connectivity index (χ2v) is 4.18. The van der Waals surface area contributed by atoms with E-state index in [1.54, 1.807) is 0 Å². The third kappa shape index (κ3) is 3.40. The molecule has 0 unspecified atom stereocenters. The molecule has 1 fully saturated rings. The van der Waals surface area contributed by atoms with Crippen molar-refractivity contribution in [1.29, 1.82) is 0 Å². The average molecular weight is 239 g/mol. The van der Waals surface area contributed by atoms with Gasteiger partial charge in [-0.15, -0.1) is 0 Å². The van der Waals surface area contributed by atoms with Crippen LogP contribution in [0.3, 0.4) is 0 Å². The van der Waals surface area contributed by atoms with Crippen molar-refractivity contribution < 1.29 is 0 Å². The molecule has 54 valence electrons. The highest BCUT2D eigenvalue weighted by Gasteiger charge is 2.22. The molecule has 0 amide bonds. The molecule has 2 heteroatoms.